The smallest absolute Gasteiger partial charge is 0.408 e. The number of benzene rings is 1. The number of ketones is 2. The topological polar surface area (TPSA) is 154 Å². The maximum Gasteiger partial charge on any atom is 0.408 e. The number of para-hydroxylation sites is 1. The summed E-state index contributed by atoms with van der Waals surface area (Å²) in [5.41, 5.74) is -0.359. The van der Waals surface area contributed by atoms with Crippen molar-refractivity contribution >= 4 is 40.6 Å². The minimum Gasteiger partial charge on any atom is -0.458 e. The van der Waals surface area contributed by atoms with Crippen LogP contribution in [-0.2, 0) is 33.3 Å². The molecular weight excluding hydrogens is 702 g/mol. The highest BCUT2D eigenvalue weighted by atomic mass is 16.7. The maximum absolute atomic E-state index is 14.5. The number of carbonyl (C=O) groups is 4. The summed E-state index contributed by atoms with van der Waals surface area (Å²) in [7, 11) is 3.79. The number of alkyl carbamates (subject to hydrolysis) is 1. The minimum atomic E-state index is -1.35. The van der Waals surface area contributed by atoms with Gasteiger partial charge in [0.25, 0.3) is 0 Å². The zero-order valence-electron chi connectivity index (χ0n) is 34.1. The van der Waals surface area contributed by atoms with Crippen LogP contribution in [-0.4, -0.2) is 101 Å². The molecule has 2 aromatic rings. The standard InChI is InChI=1S/C43H61N3O9/c1-11-33-43(8)37(45-41(51)55-43)26(4)34(47)24(2)22-42(7,19-15-14-16-29-21-30-17-12-13-18-31(30)44-23-29)38(27(5)35(48)28(6)39(50)53-33)54-40-36(49)32(46(9)10)20-25(3)52-40/h12-14,16-18,21,23-28,32-33,36-38,40,49H,11,15,19-20,22H2,1-10H3,(H,45,51)/b16-14+/t24-,25-,26-,27+,28-,32+,33+,36-,37-,38-,40+,42+,43-/m1/s1. The Hall–Kier alpha value is -3.71. The number of fused-ring (bicyclic) bond motifs is 2. The van der Waals surface area contributed by atoms with Crippen molar-refractivity contribution in [2.24, 2.45) is 29.1 Å². The van der Waals surface area contributed by atoms with Crippen LogP contribution in [0.3, 0.4) is 0 Å². The van der Waals surface area contributed by atoms with Gasteiger partial charge < -0.3 is 34.3 Å². The van der Waals surface area contributed by atoms with Crippen molar-refractivity contribution in [2.75, 3.05) is 14.1 Å². The molecule has 2 N–H and O–H groups in total. The van der Waals surface area contributed by atoms with E-state index in [1.807, 2.05) is 76.3 Å². The molecule has 0 saturated carbocycles. The van der Waals surface area contributed by atoms with Gasteiger partial charge in [0, 0.05) is 35.4 Å². The monoisotopic (exact) mass is 763 g/mol. The van der Waals surface area contributed by atoms with E-state index < -0.39 is 83.2 Å². The molecule has 12 heteroatoms. The Kier molecular flexibility index (Phi) is 13.3. The number of esters is 1. The number of hydrogen-bond acceptors (Lipinski definition) is 11. The predicted molar refractivity (Wildman–Crippen MR) is 209 cm³/mol. The number of nitrogens with zero attached hydrogens (tertiary/aromatic N) is 2. The number of Topliss-reactive ketones (excluding diaryl/α,β-unsaturated/α-hetero) is 2. The van der Waals surface area contributed by atoms with Crippen LogP contribution in [0.2, 0.25) is 0 Å². The molecule has 0 bridgehead atoms. The fraction of sp³-hybridized carbons (Fsp3) is 0.651. The quantitative estimate of drug-likeness (QED) is 0.236. The van der Waals surface area contributed by atoms with E-state index in [1.165, 1.54) is 6.92 Å². The number of aliphatic hydroxyl groups is 1. The van der Waals surface area contributed by atoms with E-state index in [0.29, 0.717) is 25.7 Å². The maximum atomic E-state index is 14.5. The normalized spacial score (nSPS) is 38.1. The van der Waals surface area contributed by atoms with E-state index in [0.717, 1.165) is 16.5 Å². The van der Waals surface area contributed by atoms with Gasteiger partial charge >= 0.3 is 12.1 Å². The highest BCUT2D eigenvalue weighted by Gasteiger charge is 2.57. The highest BCUT2D eigenvalue weighted by molar-refractivity contribution is 6.00. The molecular formula is C43H61N3O9. The predicted octanol–water partition coefficient (Wildman–Crippen LogP) is 6.12. The van der Waals surface area contributed by atoms with E-state index in [-0.39, 0.29) is 24.3 Å². The Morgan fingerprint density at radius 2 is 1.75 bits per heavy atom. The van der Waals surface area contributed by atoms with Crippen LogP contribution in [0.4, 0.5) is 4.79 Å². The summed E-state index contributed by atoms with van der Waals surface area (Å²) >= 11 is 0. The van der Waals surface area contributed by atoms with Gasteiger partial charge in [-0.15, -0.1) is 0 Å². The summed E-state index contributed by atoms with van der Waals surface area (Å²) in [4.78, 5) is 62.1. The Balaban J connectivity index is 1.56. The molecule has 13 atom stereocenters. The Morgan fingerprint density at radius 1 is 1.04 bits per heavy atom. The first-order valence-electron chi connectivity index (χ1n) is 19.8. The Labute approximate surface area is 325 Å². The number of allylic oxidation sites excluding steroid dienone is 1. The second-order valence-corrected chi connectivity index (χ2v) is 16.9. The molecule has 4 heterocycles. The van der Waals surface area contributed by atoms with E-state index in [1.54, 1.807) is 27.7 Å². The SMILES string of the molecule is CC[C@@H]1OC(=O)[C@H](C)C(=O)[C@H](C)[C@@H](O[C@@H]2O[C@H](C)C[C@H](N(C)C)[C@H]2O)[C@@](C)(CC/C=C/c2cnc3ccccc3c2)C[C@@H](C)C(=O)[C@@H](C)[C@H]2NC(=O)O[C@]12C. The van der Waals surface area contributed by atoms with E-state index in [9.17, 15) is 24.3 Å². The number of pyridine rings is 1. The van der Waals surface area contributed by atoms with Gasteiger partial charge in [-0.1, -0.05) is 65.0 Å². The van der Waals surface area contributed by atoms with Crippen LogP contribution < -0.4 is 5.32 Å². The lowest BCUT2D eigenvalue weighted by molar-refractivity contribution is -0.286. The molecule has 0 unspecified atom stereocenters. The minimum absolute atomic E-state index is 0.106. The van der Waals surface area contributed by atoms with Gasteiger partial charge in [0.05, 0.1) is 23.8 Å². The zero-order valence-corrected chi connectivity index (χ0v) is 34.1. The van der Waals surface area contributed by atoms with Crippen LogP contribution in [0.25, 0.3) is 17.0 Å². The summed E-state index contributed by atoms with van der Waals surface area (Å²) in [6.07, 6.45) is 3.30. The third-order valence-corrected chi connectivity index (χ3v) is 12.4. The zero-order chi connectivity index (χ0) is 40.4. The molecule has 3 aliphatic heterocycles. The number of carbonyl (C=O) groups excluding carboxylic acids is 4. The number of aromatic nitrogens is 1. The number of nitrogens with one attached hydrogen (secondary N) is 1. The molecule has 0 aliphatic carbocycles. The fourth-order valence-electron chi connectivity index (χ4n) is 9.23. The van der Waals surface area contributed by atoms with Crippen LogP contribution in [0.5, 0.6) is 0 Å². The fourth-order valence-corrected chi connectivity index (χ4v) is 9.23. The number of aliphatic hydroxyl groups excluding tert-OH is 1. The molecule has 3 fully saturated rings. The van der Waals surface area contributed by atoms with Gasteiger partial charge in [-0.05, 0) is 90.1 Å². The molecule has 1 aromatic carbocycles. The van der Waals surface area contributed by atoms with Crippen molar-refractivity contribution in [2.45, 2.75) is 136 Å². The lowest BCUT2D eigenvalue weighted by Gasteiger charge is -2.47. The van der Waals surface area contributed by atoms with Crippen LogP contribution >= 0.6 is 0 Å². The van der Waals surface area contributed by atoms with Crippen molar-refractivity contribution in [1.82, 2.24) is 15.2 Å². The Morgan fingerprint density at radius 3 is 2.44 bits per heavy atom. The number of rotatable bonds is 8. The molecule has 1 amide bonds. The molecule has 3 saturated heterocycles. The van der Waals surface area contributed by atoms with E-state index >= 15 is 0 Å². The third-order valence-electron chi connectivity index (χ3n) is 12.4. The lowest BCUT2D eigenvalue weighted by Crippen LogP contribution is -2.58. The number of ether oxygens (including phenoxy) is 4. The second kappa shape index (κ2) is 17.2. The molecule has 0 spiro atoms. The van der Waals surface area contributed by atoms with Crippen molar-refractivity contribution in [3.8, 4) is 0 Å². The largest absolute Gasteiger partial charge is 0.458 e. The molecule has 1 aromatic heterocycles. The molecule has 55 heavy (non-hydrogen) atoms. The van der Waals surface area contributed by atoms with Crippen molar-refractivity contribution in [1.29, 1.82) is 0 Å². The lowest BCUT2D eigenvalue weighted by atomic mass is 9.66. The number of hydrogen-bond donors (Lipinski definition) is 2. The summed E-state index contributed by atoms with van der Waals surface area (Å²) in [6.45, 7) is 14.3. The van der Waals surface area contributed by atoms with Gasteiger partial charge in [0.15, 0.2) is 17.7 Å². The molecule has 0 radical (unpaired) electrons. The van der Waals surface area contributed by atoms with E-state index in [4.69, 9.17) is 18.9 Å². The van der Waals surface area contributed by atoms with Crippen LogP contribution in [0.1, 0.15) is 93.1 Å². The second-order valence-electron chi connectivity index (χ2n) is 16.9. The summed E-state index contributed by atoms with van der Waals surface area (Å²) in [5.74, 6) is -4.56. The molecule has 12 nitrogen and oxygen atoms in total. The van der Waals surface area contributed by atoms with Gasteiger partial charge in [0.1, 0.15) is 23.9 Å². The van der Waals surface area contributed by atoms with Gasteiger partial charge in [-0.3, -0.25) is 19.4 Å². The summed E-state index contributed by atoms with van der Waals surface area (Å²) in [5, 5.41) is 15.5. The van der Waals surface area contributed by atoms with Gasteiger partial charge in [0.2, 0.25) is 0 Å². The van der Waals surface area contributed by atoms with Crippen LogP contribution in [0.15, 0.2) is 42.6 Å². The molecule has 5 rings (SSSR count). The summed E-state index contributed by atoms with van der Waals surface area (Å²) in [6, 6.07) is 8.94. The number of amides is 1. The van der Waals surface area contributed by atoms with Gasteiger partial charge in [-0.25, -0.2) is 4.79 Å². The van der Waals surface area contributed by atoms with Crippen LogP contribution in [0, 0.1) is 29.1 Å². The first kappa shape index (κ1) is 42.4. The number of likely N-dealkylation sites (N-methyl/N-ethyl adjacent to an activating group) is 1. The molecule has 3 aliphatic rings. The average molecular weight is 764 g/mol. The van der Waals surface area contributed by atoms with Gasteiger partial charge in [-0.2, -0.15) is 0 Å². The Bertz CT molecular complexity index is 1750. The first-order chi connectivity index (χ1) is 25.9. The first-order valence-corrected chi connectivity index (χ1v) is 19.8. The highest BCUT2D eigenvalue weighted by Crippen LogP contribution is 2.45. The van der Waals surface area contributed by atoms with Crippen molar-refractivity contribution in [3.05, 3.63) is 48.2 Å². The van der Waals surface area contributed by atoms with Crippen molar-refractivity contribution in [3.63, 3.8) is 0 Å². The van der Waals surface area contributed by atoms with E-state index in [2.05, 4.69) is 22.4 Å². The third kappa shape index (κ3) is 8.98. The number of cyclic esters (lactones) is 1. The van der Waals surface area contributed by atoms with Crippen molar-refractivity contribution < 1.29 is 43.2 Å². The molecule has 302 valence electrons. The average Bonchev–Trinajstić information content (AvgIpc) is 3.47. The summed E-state index contributed by atoms with van der Waals surface area (Å²) < 4.78 is 24.9.